The molecule has 0 fully saturated rings. The van der Waals surface area contributed by atoms with Crippen LogP contribution in [0.1, 0.15) is 70.2 Å². The summed E-state index contributed by atoms with van der Waals surface area (Å²) in [7, 11) is 0. The molecule has 0 amide bonds. The molecule has 4 rings (SSSR count). The van der Waals surface area contributed by atoms with Gasteiger partial charge in [-0.15, -0.1) is 0 Å². The lowest BCUT2D eigenvalue weighted by atomic mass is 9.95. The van der Waals surface area contributed by atoms with Crippen molar-refractivity contribution < 1.29 is 19.1 Å². The van der Waals surface area contributed by atoms with Crippen LogP contribution in [0, 0.1) is 10.8 Å². The van der Waals surface area contributed by atoms with Crippen LogP contribution in [-0.4, -0.2) is 25.2 Å². The largest absolute Gasteiger partial charge is 0.465 e. The van der Waals surface area contributed by atoms with E-state index in [0.29, 0.717) is 13.2 Å². The monoisotopic (exact) mass is 420 g/mol. The van der Waals surface area contributed by atoms with Gasteiger partial charge < -0.3 is 9.47 Å². The molecule has 2 aromatic carbocycles. The van der Waals surface area contributed by atoms with Crippen molar-refractivity contribution in [2.45, 2.75) is 59.8 Å². The van der Waals surface area contributed by atoms with Crippen LogP contribution in [0.4, 0.5) is 0 Å². The average molecular weight is 421 g/mol. The maximum atomic E-state index is 13.3. The van der Waals surface area contributed by atoms with E-state index in [2.05, 4.69) is 30.3 Å². The lowest BCUT2D eigenvalue weighted by Gasteiger charge is -2.22. The minimum Gasteiger partial charge on any atom is -0.465 e. The first-order valence-electron chi connectivity index (χ1n) is 11.0. The Morgan fingerprint density at radius 1 is 0.839 bits per heavy atom. The van der Waals surface area contributed by atoms with Crippen molar-refractivity contribution in [3.63, 3.8) is 0 Å². The zero-order chi connectivity index (χ0) is 22.6. The molecule has 0 radical (unpaired) electrons. The first-order chi connectivity index (χ1) is 14.4. The van der Waals surface area contributed by atoms with Crippen LogP contribution in [0.3, 0.4) is 0 Å². The number of hydrogen-bond acceptors (Lipinski definition) is 4. The maximum absolute atomic E-state index is 13.3. The van der Waals surface area contributed by atoms with E-state index < -0.39 is 5.41 Å². The van der Waals surface area contributed by atoms with Crippen LogP contribution in [-0.2, 0) is 30.9 Å². The van der Waals surface area contributed by atoms with Gasteiger partial charge in [-0.1, -0.05) is 71.9 Å². The summed E-state index contributed by atoms with van der Waals surface area (Å²) in [5.74, 6) is -0.707. The van der Waals surface area contributed by atoms with Gasteiger partial charge in [-0.05, 0) is 56.7 Å². The minimum absolute atomic E-state index is 0.00801. The van der Waals surface area contributed by atoms with E-state index in [9.17, 15) is 9.59 Å². The quantitative estimate of drug-likeness (QED) is 0.517. The van der Waals surface area contributed by atoms with Crippen molar-refractivity contribution >= 4 is 11.9 Å². The van der Waals surface area contributed by atoms with Gasteiger partial charge in [-0.2, -0.15) is 0 Å². The predicted octanol–water partition coefficient (Wildman–Crippen LogP) is 5.43. The van der Waals surface area contributed by atoms with E-state index in [1.165, 1.54) is 16.7 Å². The molecule has 0 N–H and O–H groups in total. The van der Waals surface area contributed by atoms with Crippen molar-refractivity contribution in [1.29, 1.82) is 0 Å². The van der Waals surface area contributed by atoms with E-state index in [0.717, 1.165) is 23.1 Å². The van der Waals surface area contributed by atoms with Gasteiger partial charge in [-0.25, -0.2) is 0 Å². The highest BCUT2D eigenvalue weighted by Crippen LogP contribution is 2.57. The summed E-state index contributed by atoms with van der Waals surface area (Å²) in [5, 5.41) is 0. The lowest BCUT2D eigenvalue weighted by Crippen LogP contribution is -2.32. The Morgan fingerprint density at radius 2 is 1.45 bits per heavy atom. The number of rotatable bonds is 5. The highest BCUT2D eigenvalue weighted by atomic mass is 16.5. The van der Waals surface area contributed by atoms with Crippen LogP contribution in [0.15, 0.2) is 36.4 Å². The molecule has 2 aliphatic carbocycles. The molecule has 4 heteroatoms. The summed E-state index contributed by atoms with van der Waals surface area (Å²) in [4.78, 5) is 26.1. The Bertz CT molecular complexity index is 1050. The minimum atomic E-state index is -1.01. The molecule has 0 bridgehead atoms. The van der Waals surface area contributed by atoms with Crippen molar-refractivity contribution in [3.8, 4) is 11.1 Å². The maximum Gasteiger partial charge on any atom is 0.321 e. The molecule has 31 heavy (non-hydrogen) atoms. The third kappa shape index (κ3) is 4.13. The third-order valence-corrected chi connectivity index (χ3v) is 5.85. The second kappa shape index (κ2) is 7.22. The second-order valence-electron chi connectivity index (χ2n) is 11.3. The molecule has 0 heterocycles. The molecule has 0 saturated heterocycles. The first kappa shape index (κ1) is 21.6. The number of benzene rings is 2. The molecule has 0 aromatic heterocycles. The fourth-order valence-corrected chi connectivity index (χ4v) is 4.25. The molecule has 0 saturated carbocycles. The summed E-state index contributed by atoms with van der Waals surface area (Å²) >= 11 is 0. The SMILES string of the molecule is CC(C)(C)COC(=O)CC1(C(=O)OCC(C)(C)C)c2cc3c(cc21)-c1ccccc1C3. The van der Waals surface area contributed by atoms with Gasteiger partial charge in [0, 0.05) is 0 Å². The molecule has 164 valence electrons. The van der Waals surface area contributed by atoms with E-state index in [1.807, 2.05) is 47.6 Å². The fourth-order valence-electron chi connectivity index (χ4n) is 4.25. The van der Waals surface area contributed by atoms with Gasteiger partial charge >= 0.3 is 11.9 Å². The molecule has 1 atom stereocenters. The number of esters is 2. The highest BCUT2D eigenvalue weighted by Gasteiger charge is 2.60. The topological polar surface area (TPSA) is 52.6 Å². The number of carbonyl (C=O) groups is 2. The van der Waals surface area contributed by atoms with Gasteiger partial charge in [0.25, 0.3) is 0 Å². The fraction of sp³-hybridized carbons (Fsp3) is 0.481. The zero-order valence-corrected chi connectivity index (χ0v) is 19.4. The molecule has 0 aliphatic heterocycles. The standard InChI is InChI=1S/C27H32O4/c1-25(2,3)15-30-23(28)14-27(24(29)31-16-26(4,5)6)21-12-18-11-17-9-7-8-10-19(17)20(18)13-22(21)27/h7-10,12-13H,11,14-16H2,1-6H3. The second-order valence-corrected chi connectivity index (χ2v) is 11.3. The van der Waals surface area contributed by atoms with E-state index in [4.69, 9.17) is 9.47 Å². The average Bonchev–Trinajstić information content (AvgIpc) is 3.12. The summed E-state index contributed by atoms with van der Waals surface area (Å²) in [6.45, 7) is 12.7. The highest BCUT2D eigenvalue weighted by molar-refractivity contribution is 6.02. The Balaban J connectivity index is 1.63. The van der Waals surface area contributed by atoms with Gasteiger partial charge in [0.05, 0.1) is 19.6 Å². The van der Waals surface area contributed by atoms with Crippen LogP contribution < -0.4 is 0 Å². The van der Waals surface area contributed by atoms with Crippen molar-refractivity contribution in [2.75, 3.05) is 13.2 Å². The van der Waals surface area contributed by atoms with Gasteiger partial charge in [0.15, 0.2) is 0 Å². The molecule has 0 spiro atoms. The Morgan fingerprint density at radius 3 is 2.13 bits per heavy atom. The molecular weight excluding hydrogens is 388 g/mol. The van der Waals surface area contributed by atoms with Crippen LogP contribution in [0.2, 0.25) is 0 Å². The Hall–Kier alpha value is -2.62. The van der Waals surface area contributed by atoms with E-state index >= 15 is 0 Å². The Kier molecular flexibility index (Phi) is 5.03. The normalized spacial score (nSPS) is 18.6. The van der Waals surface area contributed by atoms with Gasteiger partial charge in [0.2, 0.25) is 0 Å². The number of carbonyl (C=O) groups excluding carboxylic acids is 2. The van der Waals surface area contributed by atoms with Crippen molar-refractivity contribution in [2.24, 2.45) is 10.8 Å². The summed E-state index contributed by atoms with van der Waals surface area (Å²) in [6.07, 6.45) is 0.840. The number of hydrogen-bond donors (Lipinski definition) is 0. The van der Waals surface area contributed by atoms with Crippen LogP contribution >= 0.6 is 0 Å². The third-order valence-electron chi connectivity index (χ3n) is 5.85. The molecule has 2 aliphatic rings. The smallest absolute Gasteiger partial charge is 0.321 e. The molecule has 2 aromatic rings. The predicted molar refractivity (Wildman–Crippen MR) is 121 cm³/mol. The van der Waals surface area contributed by atoms with Crippen molar-refractivity contribution in [1.82, 2.24) is 0 Å². The Labute approximate surface area is 185 Å². The zero-order valence-electron chi connectivity index (χ0n) is 19.4. The molecule has 4 nitrogen and oxygen atoms in total. The van der Waals surface area contributed by atoms with E-state index in [-0.39, 0.29) is 29.2 Å². The van der Waals surface area contributed by atoms with E-state index in [1.54, 1.807) is 0 Å². The summed E-state index contributed by atoms with van der Waals surface area (Å²) in [6, 6.07) is 12.5. The number of fused-ring (bicyclic) bond motifs is 4. The number of ether oxygens (including phenoxy) is 2. The summed E-state index contributed by atoms with van der Waals surface area (Å²) in [5.41, 5.74) is 5.38. The van der Waals surface area contributed by atoms with Crippen molar-refractivity contribution in [3.05, 3.63) is 58.7 Å². The van der Waals surface area contributed by atoms with Crippen LogP contribution in [0.25, 0.3) is 11.1 Å². The molecular formula is C27H32O4. The summed E-state index contributed by atoms with van der Waals surface area (Å²) < 4.78 is 11.2. The molecule has 1 unspecified atom stereocenters. The van der Waals surface area contributed by atoms with Gasteiger partial charge in [-0.3, -0.25) is 9.59 Å². The lowest BCUT2D eigenvalue weighted by molar-refractivity contribution is -0.156. The van der Waals surface area contributed by atoms with Gasteiger partial charge in [0.1, 0.15) is 5.41 Å². The first-order valence-corrected chi connectivity index (χ1v) is 11.0. The van der Waals surface area contributed by atoms with Crippen LogP contribution in [0.5, 0.6) is 0 Å².